The number of hydrogen-bond acceptors (Lipinski definition) is 12. The Labute approximate surface area is 526 Å². The molecule has 0 aliphatic rings. The lowest BCUT2D eigenvalue weighted by molar-refractivity contribution is 0.346. The van der Waals surface area contributed by atoms with Gasteiger partial charge in [-0.1, -0.05) is 18.2 Å². The van der Waals surface area contributed by atoms with Crippen LogP contribution in [0.25, 0.3) is 44.3 Å². The first-order chi connectivity index (χ1) is 42.3. The fourth-order valence-corrected chi connectivity index (χ4v) is 10.6. The molecule has 0 saturated heterocycles. The van der Waals surface area contributed by atoms with Crippen molar-refractivity contribution in [3.63, 3.8) is 0 Å². The largest absolute Gasteiger partial charge is 0.569 e. The number of halogens is 15. The number of pyridine rings is 2. The number of hydrogen-bond donors (Lipinski definition) is 1. The molecule has 14 nitrogen and oxygen atoms in total. The minimum absolute atomic E-state index is 0. The van der Waals surface area contributed by atoms with Crippen LogP contribution in [0.15, 0.2) is 145 Å². The van der Waals surface area contributed by atoms with E-state index in [0.29, 0.717) is 18.8 Å². The highest BCUT2D eigenvalue weighted by Gasteiger charge is 2.33. The number of fused-ring (bicyclic) bond motifs is 2. The van der Waals surface area contributed by atoms with Crippen LogP contribution in [-0.2, 0) is 20.2 Å². The maximum atomic E-state index is 15.3. The van der Waals surface area contributed by atoms with Crippen molar-refractivity contribution in [2.45, 2.75) is 23.6 Å². The van der Waals surface area contributed by atoms with Gasteiger partial charge in [-0.25, -0.2) is 43.9 Å². The van der Waals surface area contributed by atoms with E-state index in [2.05, 4.69) is 29.0 Å². The van der Waals surface area contributed by atoms with Crippen molar-refractivity contribution in [2.24, 2.45) is 0 Å². The fourth-order valence-electron chi connectivity index (χ4n) is 8.31. The summed E-state index contributed by atoms with van der Waals surface area (Å²) in [7, 11) is -7.27. The Morgan fingerprint density at radius 2 is 0.837 bits per heavy atom. The summed E-state index contributed by atoms with van der Waals surface area (Å²) in [5, 5.41) is 8.28. The second kappa shape index (κ2) is 29.0. The Bertz CT molecular complexity index is 4890. The predicted octanol–water partition coefficient (Wildman–Crippen LogP) is 13.2. The van der Waals surface area contributed by atoms with Gasteiger partial charge in [-0.3, -0.25) is 18.7 Å². The third-order valence-corrected chi connectivity index (χ3v) is 15.9. The molecule has 0 amide bonds. The summed E-state index contributed by atoms with van der Waals surface area (Å²) in [6.45, 7) is 3.19. The monoisotopic (exact) mass is 1440 g/mol. The first-order valence-corrected chi connectivity index (χ1v) is 28.3. The van der Waals surface area contributed by atoms with Crippen LogP contribution < -0.4 is 33.6 Å². The lowest BCUT2D eigenvalue weighted by Gasteiger charge is -2.17. The molecular weight excluding hydrogens is 1400 g/mol. The van der Waals surface area contributed by atoms with Gasteiger partial charge in [0.05, 0.1) is 41.1 Å². The van der Waals surface area contributed by atoms with Crippen molar-refractivity contribution in [2.75, 3.05) is 14.2 Å². The highest BCUT2D eigenvalue weighted by atomic mass is 79.9. The number of methoxy groups -OCH3 is 2. The third-order valence-electron chi connectivity index (χ3n) is 12.8. The maximum Gasteiger partial charge on any atom is 0.569 e. The normalized spacial score (nSPS) is 11.1. The second-order valence-electron chi connectivity index (χ2n) is 18.4. The second-order valence-corrected chi connectivity index (χ2v) is 22.3. The van der Waals surface area contributed by atoms with Crippen LogP contribution in [0.2, 0.25) is 0 Å². The SMILES string of the molecule is COc1cc(-c2ccc(C)c(F)c2)c(F)cc1-n1c(=O)ccc2cc(S(=O)(=O)Oc3c(F)c(F)c(F)c(F)c3F)ccc21.COc1cc(Br)c(F)cc1-n1c(=O)ccc2cc(S(=O)(=O)Oc3c(F)c(F)c(F)c(F)c3F)ccc21.Cc1ccc(O[B]O)cc1F.P.P. The highest BCUT2D eigenvalue weighted by Crippen LogP contribution is 2.38. The molecular formula is C58H39BBrF14N2O12P2S2. The minimum Gasteiger partial charge on any atom is -0.537 e. The zero-order chi connectivity index (χ0) is 66.2. The summed E-state index contributed by atoms with van der Waals surface area (Å²) in [4.78, 5) is 24.1. The molecule has 8 aromatic carbocycles. The van der Waals surface area contributed by atoms with E-state index < -0.39 is 128 Å². The molecule has 1 N–H and O–H groups in total. The average Bonchev–Trinajstić information content (AvgIpc) is 0.772. The Morgan fingerprint density at radius 1 is 0.446 bits per heavy atom. The van der Waals surface area contributed by atoms with Crippen molar-refractivity contribution < 1.29 is 106 Å². The van der Waals surface area contributed by atoms with Crippen molar-refractivity contribution in [1.29, 1.82) is 0 Å². The lowest BCUT2D eigenvalue weighted by Crippen LogP contribution is -2.19. The van der Waals surface area contributed by atoms with Gasteiger partial charge in [-0.15, -0.1) is 0 Å². The van der Waals surface area contributed by atoms with Crippen LogP contribution in [0.5, 0.6) is 28.7 Å². The van der Waals surface area contributed by atoms with Crippen LogP contribution in [0.1, 0.15) is 11.1 Å². The Hall–Kier alpha value is -8.54. The highest BCUT2D eigenvalue weighted by molar-refractivity contribution is 9.10. The van der Waals surface area contributed by atoms with E-state index >= 15 is 4.39 Å². The molecule has 10 aromatic rings. The molecule has 0 saturated carbocycles. The van der Waals surface area contributed by atoms with E-state index in [9.17, 15) is 83.5 Å². The van der Waals surface area contributed by atoms with Crippen molar-refractivity contribution in [3.05, 3.63) is 239 Å². The lowest BCUT2D eigenvalue weighted by atomic mass is 10.0. The van der Waals surface area contributed by atoms with E-state index in [4.69, 9.17) is 14.5 Å². The first kappa shape index (κ1) is 72.5. The summed E-state index contributed by atoms with van der Waals surface area (Å²) < 4.78 is 270. The molecule has 0 aliphatic carbocycles. The van der Waals surface area contributed by atoms with Crippen LogP contribution in [-0.4, -0.2) is 52.9 Å². The number of ether oxygens (including phenoxy) is 2. The molecule has 0 fully saturated rings. The van der Waals surface area contributed by atoms with E-state index in [1.54, 1.807) is 19.1 Å². The molecule has 92 heavy (non-hydrogen) atoms. The fraction of sp³-hybridized carbons (Fsp3) is 0.0690. The molecule has 34 heteroatoms. The Kier molecular flexibility index (Phi) is 22.8. The number of aryl methyl sites for hydroxylation is 2. The maximum absolute atomic E-state index is 15.3. The van der Waals surface area contributed by atoms with Gasteiger partial charge in [0.25, 0.3) is 11.1 Å². The predicted molar refractivity (Wildman–Crippen MR) is 320 cm³/mol. The third kappa shape index (κ3) is 14.5. The van der Waals surface area contributed by atoms with Crippen molar-refractivity contribution in [1.82, 2.24) is 9.13 Å². The number of nitrogens with zero attached hydrogens (tertiary/aromatic N) is 2. The molecule has 0 aliphatic heterocycles. The summed E-state index contributed by atoms with van der Waals surface area (Å²) in [6.07, 6.45) is 0. The smallest absolute Gasteiger partial charge is 0.537 e. The Balaban J connectivity index is 0.000000248. The van der Waals surface area contributed by atoms with Gasteiger partial charge in [-0.05, 0) is 119 Å². The molecule has 1 radical (unpaired) electrons. The minimum atomic E-state index is -5.18. The molecule has 0 spiro atoms. The van der Waals surface area contributed by atoms with Gasteiger partial charge in [0, 0.05) is 46.7 Å². The summed E-state index contributed by atoms with van der Waals surface area (Å²) in [5.41, 5.74) is -0.354. The van der Waals surface area contributed by atoms with Gasteiger partial charge in [0.2, 0.25) is 69.7 Å². The van der Waals surface area contributed by atoms with Gasteiger partial charge >= 0.3 is 27.9 Å². The number of rotatable bonds is 13. The quantitative estimate of drug-likeness (QED) is 0.0289. The molecule has 10 rings (SSSR count). The molecule has 0 bridgehead atoms. The van der Waals surface area contributed by atoms with E-state index in [1.807, 2.05) is 0 Å². The van der Waals surface area contributed by atoms with Crippen LogP contribution in [0.3, 0.4) is 0 Å². The Morgan fingerprint density at radius 3 is 1.24 bits per heavy atom. The molecule has 2 heterocycles. The molecule has 2 unspecified atom stereocenters. The standard InChI is InChI=1S/C29H16F7NO5S.C22H10BrF6NO5S.C7H7BFO2.2H3P/c1-13-3-4-14(10-18(13)30)17-11-22(41-2)21(12-19(17)31)37-20-7-6-16(9-15(20)5-8-23(37)38)43(39,40)42-29-27(35)25(33)24(32)26(34)28(29)36;1-34-15-7-11(23)12(24)8-14(15)30-13-4-3-10(6-9(13)2-5-16(30)31)36(32,33)35-22-20(28)18(26)17(25)19(27)21(22)29;1-5-2-3-6(11-8-10)4-7(5)9;;/h3-12H,1-2H3;2-8H,1H3;2-4,10H,1H3;2*1H3. The van der Waals surface area contributed by atoms with Gasteiger partial charge in [0.1, 0.15) is 50.3 Å². The zero-order valence-electron chi connectivity index (χ0n) is 46.9. The number of aromatic nitrogens is 2. The van der Waals surface area contributed by atoms with E-state index in [0.717, 1.165) is 75.9 Å². The average molecular weight is 1440 g/mol. The van der Waals surface area contributed by atoms with Gasteiger partial charge in [0.15, 0.2) is 0 Å². The van der Waals surface area contributed by atoms with E-state index in [-0.39, 0.29) is 91.6 Å². The van der Waals surface area contributed by atoms with Crippen LogP contribution in [0.4, 0.5) is 61.5 Å². The van der Waals surface area contributed by atoms with E-state index in [1.165, 1.54) is 63.6 Å². The topological polar surface area (TPSA) is 179 Å². The summed E-state index contributed by atoms with van der Waals surface area (Å²) in [6, 6.07) is 23.1. The summed E-state index contributed by atoms with van der Waals surface area (Å²) >= 11 is 3.00. The first-order valence-electron chi connectivity index (χ1n) is 24.7. The van der Waals surface area contributed by atoms with Crippen LogP contribution >= 0.6 is 35.7 Å². The molecule has 483 valence electrons. The van der Waals surface area contributed by atoms with Gasteiger partial charge in [-0.2, -0.15) is 54.2 Å². The zero-order valence-corrected chi connectivity index (χ0v) is 52.9. The van der Waals surface area contributed by atoms with Crippen LogP contribution in [0, 0.1) is 95.3 Å². The molecule has 2 atom stereocenters. The van der Waals surface area contributed by atoms with Crippen molar-refractivity contribution in [3.8, 4) is 51.2 Å². The van der Waals surface area contributed by atoms with Gasteiger partial charge < -0.3 is 27.5 Å². The number of benzene rings is 8. The van der Waals surface area contributed by atoms with Crippen molar-refractivity contribution >= 4 is 85.5 Å². The molecule has 2 aromatic heterocycles. The summed E-state index contributed by atoms with van der Waals surface area (Å²) in [5.74, 6) is -30.7.